The summed E-state index contributed by atoms with van der Waals surface area (Å²) < 4.78 is 7.60. The van der Waals surface area contributed by atoms with Gasteiger partial charge in [-0.3, -0.25) is 0 Å². The molecule has 0 spiro atoms. The molecule has 0 saturated heterocycles. The van der Waals surface area contributed by atoms with Crippen molar-refractivity contribution < 1.29 is 9.84 Å². The van der Waals surface area contributed by atoms with Crippen LogP contribution in [0.2, 0.25) is 0 Å². The molecule has 5 nitrogen and oxygen atoms in total. The number of ether oxygens (including phenoxy) is 1. The minimum absolute atomic E-state index is 0.0810. The first kappa shape index (κ1) is 15.5. The molecule has 0 amide bonds. The molecular weight excluding hydrogens is 266 g/mol. The standard InChI is InChI=1S/C16H23N3O2/c1-13(2)8-10-19-16(15(12-20)17-18-19)9-11-21-14-6-4-3-5-7-14/h3-7,13,20H,8-12H2,1-2H3. The molecule has 5 heteroatoms. The van der Waals surface area contributed by atoms with E-state index in [9.17, 15) is 5.11 Å². The molecule has 21 heavy (non-hydrogen) atoms. The highest BCUT2D eigenvalue weighted by atomic mass is 16.5. The Kier molecular flexibility index (Phi) is 5.75. The van der Waals surface area contributed by atoms with Crippen LogP contribution in [-0.2, 0) is 19.6 Å². The summed E-state index contributed by atoms with van der Waals surface area (Å²) in [4.78, 5) is 0. The third-order valence-electron chi connectivity index (χ3n) is 3.34. The second kappa shape index (κ2) is 7.78. The largest absolute Gasteiger partial charge is 0.493 e. The van der Waals surface area contributed by atoms with Gasteiger partial charge in [-0.15, -0.1) is 5.10 Å². The van der Waals surface area contributed by atoms with E-state index >= 15 is 0 Å². The molecule has 0 saturated carbocycles. The maximum Gasteiger partial charge on any atom is 0.119 e. The summed E-state index contributed by atoms with van der Waals surface area (Å²) in [6, 6.07) is 9.72. The summed E-state index contributed by atoms with van der Waals surface area (Å²) in [6.45, 7) is 5.66. The summed E-state index contributed by atoms with van der Waals surface area (Å²) >= 11 is 0. The van der Waals surface area contributed by atoms with Gasteiger partial charge in [0.25, 0.3) is 0 Å². The van der Waals surface area contributed by atoms with Crippen LogP contribution in [0.3, 0.4) is 0 Å². The molecular formula is C16H23N3O2. The fraction of sp³-hybridized carbons (Fsp3) is 0.500. The number of nitrogens with zero attached hydrogens (tertiary/aromatic N) is 3. The van der Waals surface area contributed by atoms with E-state index < -0.39 is 0 Å². The summed E-state index contributed by atoms with van der Waals surface area (Å²) in [7, 11) is 0. The van der Waals surface area contributed by atoms with Gasteiger partial charge in [0.1, 0.15) is 11.4 Å². The lowest BCUT2D eigenvalue weighted by molar-refractivity contribution is 0.272. The van der Waals surface area contributed by atoms with Crippen molar-refractivity contribution in [2.45, 2.75) is 39.8 Å². The topological polar surface area (TPSA) is 60.2 Å². The molecule has 0 aliphatic carbocycles. The van der Waals surface area contributed by atoms with Crippen LogP contribution in [0.1, 0.15) is 31.7 Å². The van der Waals surface area contributed by atoms with Crippen molar-refractivity contribution in [1.29, 1.82) is 0 Å². The maximum atomic E-state index is 9.37. The normalized spacial score (nSPS) is 11.0. The lowest BCUT2D eigenvalue weighted by Crippen LogP contribution is -2.12. The summed E-state index contributed by atoms with van der Waals surface area (Å²) in [5.41, 5.74) is 1.62. The average Bonchev–Trinajstić information content (AvgIpc) is 2.88. The minimum Gasteiger partial charge on any atom is -0.493 e. The van der Waals surface area contributed by atoms with Gasteiger partial charge in [-0.25, -0.2) is 4.68 Å². The summed E-state index contributed by atoms with van der Waals surface area (Å²) in [6.07, 6.45) is 1.73. The predicted molar refractivity (Wildman–Crippen MR) is 81.0 cm³/mol. The van der Waals surface area contributed by atoms with Crippen LogP contribution in [0.4, 0.5) is 0 Å². The lowest BCUT2D eigenvalue weighted by Gasteiger charge is -2.10. The molecule has 0 aliphatic rings. The second-order valence-corrected chi connectivity index (χ2v) is 5.46. The number of rotatable bonds is 8. The first-order chi connectivity index (χ1) is 10.2. The van der Waals surface area contributed by atoms with Crippen molar-refractivity contribution >= 4 is 0 Å². The quantitative estimate of drug-likeness (QED) is 0.811. The smallest absolute Gasteiger partial charge is 0.119 e. The minimum atomic E-state index is -0.0810. The summed E-state index contributed by atoms with van der Waals surface area (Å²) in [5, 5.41) is 17.6. The molecule has 114 valence electrons. The first-order valence-electron chi connectivity index (χ1n) is 7.40. The fourth-order valence-corrected chi connectivity index (χ4v) is 2.11. The molecule has 2 rings (SSSR count). The van der Waals surface area contributed by atoms with Crippen LogP contribution < -0.4 is 4.74 Å². The third kappa shape index (κ3) is 4.56. The monoisotopic (exact) mass is 289 g/mol. The van der Waals surface area contributed by atoms with Crippen molar-refractivity contribution in [1.82, 2.24) is 15.0 Å². The Morgan fingerprint density at radius 2 is 2.00 bits per heavy atom. The number of benzene rings is 1. The molecule has 1 aromatic heterocycles. The average molecular weight is 289 g/mol. The van der Waals surface area contributed by atoms with E-state index in [1.54, 1.807) is 0 Å². The van der Waals surface area contributed by atoms with Crippen molar-refractivity contribution in [3.05, 3.63) is 41.7 Å². The fourth-order valence-electron chi connectivity index (χ4n) is 2.11. The molecule has 2 aromatic rings. The van der Waals surface area contributed by atoms with E-state index in [1.807, 2.05) is 35.0 Å². The van der Waals surface area contributed by atoms with E-state index in [1.165, 1.54) is 0 Å². The molecule has 1 N–H and O–H groups in total. The van der Waals surface area contributed by atoms with Crippen LogP contribution in [-0.4, -0.2) is 26.7 Å². The van der Waals surface area contributed by atoms with Crippen LogP contribution in [0, 0.1) is 5.92 Å². The van der Waals surface area contributed by atoms with E-state index in [2.05, 4.69) is 24.2 Å². The highest BCUT2D eigenvalue weighted by Gasteiger charge is 2.12. The van der Waals surface area contributed by atoms with Crippen LogP contribution in [0.5, 0.6) is 5.75 Å². The van der Waals surface area contributed by atoms with Crippen molar-refractivity contribution in [3.8, 4) is 5.75 Å². The van der Waals surface area contributed by atoms with Gasteiger partial charge in [-0.1, -0.05) is 37.3 Å². The lowest BCUT2D eigenvalue weighted by atomic mass is 10.1. The molecule has 0 fully saturated rings. The Hall–Kier alpha value is -1.88. The van der Waals surface area contributed by atoms with Crippen molar-refractivity contribution in [3.63, 3.8) is 0 Å². The first-order valence-corrected chi connectivity index (χ1v) is 7.40. The second-order valence-electron chi connectivity index (χ2n) is 5.46. The van der Waals surface area contributed by atoms with Crippen molar-refractivity contribution in [2.24, 2.45) is 5.92 Å². The van der Waals surface area contributed by atoms with E-state index in [4.69, 9.17) is 4.74 Å². The van der Waals surface area contributed by atoms with Crippen molar-refractivity contribution in [2.75, 3.05) is 6.61 Å². The van der Waals surface area contributed by atoms with Crippen LogP contribution in [0.15, 0.2) is 30.3 Å². The van der Waals surface area contributed by atoms with E-state index in [0.29, 0.717) is 24.6 Å². The molecule has 0 unspecified atom stereocenters. The molecule has 0 bridgehead atoms. The number of para-hydroxylation sites is 1. The Balaban J connectivity index is 1.95. The number of hydrogen-bond donors (Lipinski definition) is 1. The van der Waals surface area contributed by atoms with Gasteiger partial charge in [0.15, 0.2) is 0 Å². The van der Waals surface area contributed by atoms with Crippen LogP contribution >= 0.6 is 0 Å². The van der Waals surface area contributed by atoms with E-state index in [-0.39, 0.29) is 6.61 Å². The zero-order valence-electron chi connectivity index (χ0n) is 12.7. The molecule has 1 heterocycles. The Morgan fingerprint density at radius 1 is 1.24 bits per heavy atom. The third-order valence-corrected chi connectivity index (χ3v) is 3.34. The Labute approximate surface area is 125 Å². The maximum absolute atomic E-state index is 9.37. The number of aromatic nitrogens is 3. The van der Waals surface area contributed by atoms with E-state index in [0.717, 1.165) is 24.4 Å². The highest BCUT2D eigenvalue weighted by Crippen LogP contribution is 2.12. The van der Waals surface area contributed by atoms with Gasteiger partial charge < -0.3 is 9.84 Å². The number of hydrogen-bond acceptors (Lipinski definition) is 4. The number of aryl methyl sites for hydroxylation is 1. The van der Waals surface area contributed by atoms with Crippen LogP contribution in [0.25, 0.3) is 0 Å². The number of aliphatic hydroxyl groups is 1. The van der Waals surface area contributed by atoms with Gasteiger partial charge in [0.05, 0.1) is 18.9 Å². The molecule has 0 aliphatic heterocycles. The number of aliphatic hydroxyl groups excluding tert-OH is 1. The zero-order valence-corrected chi connectivity index (χ0v) is 12.7. The highest BCUT2D eigenvalue weighted by molar-refractivity contribution is 5.21. The zero-order chi connectivity index (χ0) is 15.1. The van der Waals surface area contributed by atoms with Gasteiger partial charge in [-0.2, -0.15) is 0 Å². The Morgan fingerprint density at radius 3 is 2.67 bits per heavy atom. The predicted octanol–water partition coefficient (Wildman–Crippen LogP) is 2.44. The van der Waals surface area contributed by atoms with Gasteiger partial charge >= 0.3 is 0 Å². The SMILES string of the molecule is CC(C)CCn1nnc(CO)c1CCOc1ccccc1. The van der Waals surface area contributed by atoms with Gasteiger partial charge in [0.2, 0.25) is 0 Å². The molecule has 1 aromatic carbocycles. The Bertz CT molecular complexity index is 538. The van der Waals surface area contributed by atoms with Gasteiger partial charge in [-0.05, 0) is 24.5 Å². The summed E-state index contributed by atoms with van der Waals surface area (Å²) in [5.74, 6) is 1.46. The molecule has 0 radical (unpaired) electrons. The van der Waals surface area contributed by atoms with Gasteiger partial charge in [0, 0.05) is 13.0 Å². The molecule has 0 atom stereocenters.